The highest BCUT2D eigenvalue weighted by molar-refractivity contribution is 7.13. The topological polar surface area (TPSA) is 54.6 Å². The molecule has 2 aliphatic heterocycles. The van der Waals surface area contributed by atoms with Crippen molar-refractivity contribution in [3.63, 3.8) is 0 Å². The van der Waals surface area contributed by atoms with E-state index < -0.39 is 0 Å². The number of hydrogen-bond acceptors (Lipinski definition) is 5. The maximum absolute atomic E-state index is 10.9. The number of H-pyrrole nitrogens is 1. The smallest absolute Gasteiger partial charge is 0.265 e. The Kier molecular flexibility index (Phi) is 3.89. The van der Waals surface area contributed by atoms with Crippen molar-refractivity contribution in [1.82, 2.24) is 9.27 Å². The molecule has 3 heterocycles. The van der Waals surface area contributed by atoms with Crippen LogP contribution in [0.2, 0.25) is 0 Å². The zero-order valence-corrected chi connectivity index (χ0v) is 12.2. The van der Waals surface area contributed by atoms with Crippen molar-refractivity contribution in [1.29, 1.82) is 0 Å². The van der Waals surface area contributed by atoms with Crippen LogP contribution in [0.5, 0.6) is 0 Å². The molecule has 6 heteroatoms. The van der Waals surface area contributed by atoms with E-state index in [0.29, 0.717) is 0 Å². The lowest BCUT2D eigenvalue weighted by molar-refractivity contribution is 0.0695. The summed E-state index contributed by atoms with van der Waals surface area (Å²) in [5, 5.41) is 0.785. The molecule has 0 aliphatic carbocycles. The predicted molar refractivity (Wildman–Crippen MR) is 78.9 cm³/mol. The molecule has 2 fully saturated rings. The predicted octanol–water partition coefficient (Wildman–Crippen LogP) is 2.00. The lowest BCUT2D eigenvalue weighted by atomic mass is 9.99. The summed E-state index contributed by atoms with van der Waals surface area (Å²) in [7, 11) is 0. The van der Waals surface area contributed by atoms with Crippen LogP contribution in [-0.2, 0) is 9.47 Å². The van der Waals surface area contributed by atoms with Gasteiger partial charge in [-0.2, -0.15) is 0 Å². The van der Waals surface area contributed by atoms with Crippen LogP contribution in [0.3, 0.4) is 0 Å². The minimum absolute atomic E-state index is 0.0144. The number of aromatic nitrogens is 1. The number of rotatable bonds is 1. The summed E-state index contributed by atoms with van der Waals surface area (Å²) < 4.78 is 14.4. The van der Waals surface area contributed by atoms with Gasteiger partial charge < -0.3 is 9.47 Å². The highest BCUT2D eigenvalue weighted by atomic mass is 32.1. The van der Waals surface area contributed by atoms with Gasteiger partial charge in [0.1, 0.15) is 13.5 Å². The Morgan fingerprint density at radius 2 is 2.00 bits per heavy atom. The average Bonchev–Trinajstić information content (AvgIpc) is 3.14. The monoisotopic (exact) mass is 294 g/mol. The lowest BCUT2D eigenvalue weighted by Crippen LogP contribution is -2.42. The molecule has 1 N–H and O–H groups in total. The fraction of sp³-hybridized carbons (Fsp3) is 0.500. The molecule has 5 nitrogen and oxygen atoms in total. The molecular weight excluding hydrogens is 276 g/mol. The third kappa shape index (κ3) is 2.40. The summed E-state index contributed by atoms with van der Waals surface area (Å²) in [6, 6.07) is 7.54. The highest BCUT2D eigenvalue weighted by Gasteiger charge is 2.44. The Labute approximate surface area is 121 Å². The Morgan fingerprint density at radius 1 is 1.30 bits per heavy atom. The van der Waals surface area contributed by atoms with Crippen LogP contribution in [0.15, 0.2) is 29.1 Å². The first-order chi connectivity index (χ1) is 9.75. The number of nitrogens with zero attached hydrogens (tertiary/aromatic N) is 1. The second-order valence-electron chi connectivity index (χ2n) is 5.10. The average molecular weight is 294 g/mol. The molecule has 2 saturated heterocycles. The second-order valence-corrected chi connectivity index (χ2v) is 5.95. The van der Waals surface area contributed by atoms with Gasteiger partial charge in [0, 0.05) is 0 Å². The molecule has 20 heavy (non-hydrogen) atoms. The molecule has 4 rings (SSSR count). The van der Waals surface area contributed by atoms with E-state index in [-0.39, 0.29) is 11.1 Å². The zero-order valence-electron chi connectivity index (χ0n) is 11.4. The number of ether oxygens (including phenoxy) is 2. The lowest BCUT2D eigenvalue weighted by Gasteiger charge is -2.24. The van der Waals surface area contributed by atoms with Crippen LogP contribution in [0.1, 0.15) is 13.3 Å². The zero-order chi connectivity index (χ0) is 14.0. The largest absolute Gasteiger partial charge is 0.364 e. The fourth-order valence-corrected chi connectivity index (χ4v) is 3.28. The van der Waals surface area contributed by atoms with E-state index in [4.69, 9.17) is 9.47 Å². The molecule has 0 radical (unpaired) electrons. The molecular formula is C14H18N2O3S. The van der Waals surface area contributed by atoms with Crippen molar-refractivity contribution >= 4 is 21.6 Å². The Hall–Kier alpha value is -1.21. The molecule has 0 spiro atoms. The molecule has 108 valence electrons. The summed E-state index contributed by atoms with van der Waals surface area (Å²) in [6.45, 7) is 5.41. The van der Waals surface area contributed by atoms with Gasteiger partial charge in [-0.25, -0.2) is 4.90 Å². The van der Waals surface area contributed by atoms with Gasteiger partial charge in [-0.1, -0.05) is 30.6 Å². The van der Waals surface area contributed by atoms with Gasteiger partial charge in [-0.05, 0) is 18.6 Å². The molecule has 0 saturated carbocycles. The van der Waals surface area contributed by atoms with Gasteiger partial charge >= 0.3 is 0 Å². The van der Waals surface area contributed by atoms with E-state index >= 15 is 0 Å². The summed E-state index contributed by atoms with van der Waals surface area (Å²) in [4.78, 5) is 13.2. The number of aromatic amines is 1. The summed E-state index contributed by atoms with van der Waals surface area (Å²) >= 11 is 1.38. The molecule has 2 aliphatic rings. The standard InChI is InChI=1S/C7H13NO2.C7H5NOS/c1-2-7-3-9-5-8(7)6-10-4-7;9-7-5-3-1-2-4-6(5)10-8-7/h2-6H2,1H3;1-4H,(H,8,9). The molecule has 0 unspecified atom stereocenters. The van der Waals surface area contributed by atoms with Gasteiger partial charge in [0.2, 0.25) is 0 Å². The number of nitrogens with one attached hydrogen (secondary N) is 1. The molecule has 0 amide bonds. The summed E-state index contributed by atoms with van der Waals surface area (Å²) in [5.41, 5.74) is 0.251. The normalized spacial score (nSPS) is 20.6. The molecule has 0 atom stereocenters. The second kappa shape index (κ2) is 5.65. The molecule has 1 aromatic heterocycles. The van der Waals surface area contributed by atoms with Gasteiger partial charge in [0.05, 0.1) is 28.8 Å². The van der Waals surface area contributed by atoms with Crippen molar-refractivity contribution < 1.29 is 9.47 Å². The Balaban J connectivity index is 0.000000121. The van der Waals surface area contributed by atoms with Crippen LogP contribution in [0.25, 0.3) is 10.1 Å². The van der Waals surface area contributed by atoms with Crippen molar-refractivity contribution in [2.75, 3.05) is 26.7 Å². The van der Waals surface area contributed by atoms with Gasteiger partial charge in [-0.15, -0.1) is 0 Å². The highest BCUT2D eigenvalue weighted by Crippen LogP contribution is 2.30. The third-order valence-corrected chi connectivity index (χ3v) is 4.81. The third-order valence-electron chi connectivity index (χ3n) is 3.95. The van der Waals surface area contributed by atoms with Crippen LogP contribution < -0.4 is 5.56 Å². The van der Waals surface area contributed by atoms with Crippen molar-refractivity contribution in [3.8, 4) is 0 Å². The van der Waals surface area contributed by atoms with Crippen molar-refractivity contribution in [2.45, 2.75) is 18.9 Å². The van der Waals surface area contributed by atoms with Crippen LogP contribution >= 0.6 is 11.5 Å². The molecule has 2 aromatic rings. The number of hydrogen-bond donors (Lipinski definition) is 1. The van der Waals surface area contributed by atoms with Gasteiger partial charge in [0.25, 0.3) is 5.56 Å². The minimum atomic E-state index is 0.0144. The van der Waals surface area contributed by atoms with E-state index in [2.05, 4.69) is 16.2 Å². The SMILES string of the molecule is CCC12COCN1COC2.O=c1[nH]sc2ccccc12. The van der Waals surface area contributed by atoms with Crippen molar-refractivity contribution in [3.05, 3.63) is 34.6 Å². The van der Waals surface area contributed by atoms with Crippen LogP contribution in [0, 0.1) is 0 Å². The summed E-state index contributed by atoms with van der Waals surface area (Å²) in [6.07, 6.45) is 1.13. The summed E-state index contributed by atoms with van der Waals surface area (Å²) in [5.74, 6) is 0. The van der Waals surface area contributed by atoms with Gasteiger partial charge in [0.15, 0.2) is 0 Å². The van der Waals surface area contributed by atoms with Gasteiger partial charge in [-0.3, -0.25) is 9.17 Å². The first-order valence-corrected chi connectivity index (χ1v) is 7.53. The van der Waals surface area contributed by atoms with E-state index in [0.717, 1.165) is 43.2 Å². The van der Waals surface area contributed by atoms with Crippen LogP contribution in [-0.4, -0.2) is 41.5 Å². The first kappa shape index (κ1) is 13.8. The Bertz CT molecular complexity index is 626. The quantitative estimate of drug-likeness (QED) is 0.874. The molecule has 1 aromatic carbocycles. The van der Waals surface area contributed by atoms with E-state index in [9.17, 15) is 4.79 Å². The number of benzene rings is 1. The maximum atomic E-state index is 10.9. The van der Waals surface area contributed by atoms with E-state index in [1.807, 2.05) is 24.3 Å². The van der Waals surface area contributed by atoms with E-state index in [1.54, 1.807) is 0 Å². The van der Waals surface area contributed by atoms with E-state index in [1.165, 1.54) is 11.5 Å². The molecule has 0 bridgehead atoms. The first-order valence-electron chi connectivity index (χ1n) is 6.72. The van der Waals surface area contributed by atoms with Crippen molar-refractivity contribution in [2.24, 2.45) is 0 Å². The minimum Gasteiger partial charge on any atom is -0.364 e. The number of fused-ring (bicyclic) bond motifs is 2. The maximum Gasteiger partial charge on any atom is 0.265 e. The van der Waals surface area contributed by atoms with Crippen LogP contribution in [0.4, 0.5) is 0 Å². The Morgan fingerprint density at radius 3 is 2.60 bits per heavy atom. The fourth-order valence-electron chi connectivity index (χ4n) is 2.55.